The van der Waals surface area contributed by atoms with Gasteiger partial charge in [0.1, 0.15) is 11.5 Å². The number of aliphatic hydroxyl groups is 1. The van der Waals surface area contributed by atoms with Crippen LogP contribution in [-0.4, -0.2) is 23.9 Å². The summed E-state index contributed by atoms with van der Waals surface area (Å²) in [5, 5.41) is 12.1. The Morgan fingerprint density at radius 1 is 0.972 bits per heavy atom. The molecule has 3 aromatic carbocycles. The molecule has 0 aromatic heterocycles. The van der Waals surface area contributed by atoms with Gasteiger partial charge >= 0.3 is 0 Å². The summed E-state index contributed by atoms with van der Waals surface area (Å²) in [5.41, 5.74) is 2.99. The number of hydrogen-bond donors (Lipinski definition) is 1. The molecule has 1 heterocycles. The van der Waals surface area contributed by atoms with Crippen LogP contribution < -0.4 is 9.64 Å². The molecule has 1 aliphatic rings. The van der Waals surface area contributed by atoms with Gasteiger partial charge in [0.2, 0.25) is 0 Å². The van der Waals surface area contributed by atoms with Gasteiger partial charge in [-0.05, 0) is 59.9 Å². The maximum atomic E-state index is 13.5. The molecule has 0 saturated carbocycles. The number of hydrogen-bond acceptors (Lipinski definition) is 4. The van der Waals surface area contributed by atoms with Crippen molar-refractivity contribution in [2.75, 3.05) is 12.0 Å². The SMILES string of the molecule is COc1ccc(/C(O)=C2\C(=O)C(=O)N(c3ccc(Cl)c(Cl)c3)C2c2ccccc2C)cc1C(C)(C)C. The molecular formula is C29H27Cl2NO4. The van der Waals surface area contributed by atoms with E-state index >= 15 is 0 Å². The Morgan fingerprint density at radius 2 is 1.67 bits per heavy atom. The minimum absolute atomic E-state index is 0.00500. The molecule has 0 radical (unpaired) electrons. The zero-order valence-electron chi connectivity index (χ0n) is 20.7. The van der Waals surface area contributed by atoms with Crippen LogP contribution in [0.1, 0.15) is 49.1 Å². The first-order valence-electron chi connectivity index (χ1n) is 11.5. The number of carbonyl (C=O) groups is 2. The lowest BCUT2D eigenvalue weighted by Crippen LogP contribution is -2.29. The predicted molar refractivity (Wildman–Crippen MR) is 144 cm³/mol. The molecule has 1 amide bonds. The van der Waals surface area contributed by atoms with Gasteiger partial charge in [0.05, 0.1) is 28.8 Å². The molecule has 1 atom stereocenters. The second-order valence-electron chi connectivity index (χ2n) is 9.79. The van der Waals surface area contributed by atoms with E-state index in [4.69, 9.17) is 27.9 Å². The number of aliphatic hydroxyl groups excluding tert-OH is 1. The molecule has 0 spiro atoms. The van der Waals surface area contributed by atoms with Gasteiger partial charge in [-0.2, -0.15) is 0 Å². The summed E-state index contributed by atoms with van der Waals surface area (Å²) < 4.78 is 5.52. The quantitative estimate of drug-likeness (QED) is 0.222. The Labute approximate surface area is 220 Å². The fourth-order valence-electron chi connectivity index (χ4n) is 4.52. The molecule has 0 bridgehead atoms. The molecule has 1 saturated heterocycles. The number of anilines is 1. The fraction of sp³-hybridized carbons (Fsp3) is 0.241. The van der Waals surface area contributed by atoms with Gasteiger partial charge in [0, 0.05) is 16.8 Å². The Bertz CT molecular complexity index is 1400. The average Bonchev–Trinajstić information content (AvgIpc) is 3.10. The second-order valence-corrected chi connectivity index (χ2v) is 10.6. The first kappa shape index (κ1) is 25.8. The smallest absolute Gasteiger partial charge is 0.300 e. The first-order chi connectivity index (χ1) is 17.0. The summed E-state index contributed by atoms with van der Waals surface area (Å²) in [5.74, 6) is -1.12. The molecule has 186 valence electrons. The standard InChI is InChI=1S/C29H27Cl2NO4/c1-16-8-6-7-9-19(16)25-24(26(33)17-10-13-23(36-5)20(14-17)29(2,3)4)27(34)28(35)32(25)18-11-12-21(30)22(31)15-18/h6-15,25,33H,1-5H3/b26-24+. The van der Waals surface area contributed by atoms with Crippen LogP contribution in [0.5, 0.6) is 5.75 Å². The van der Waals surface area contributed by atoms with Crippen LogP contribution in [0.25, 0.3) is 5.76 Å². The number of Topliss-reactive ketones (excluding diaryl/α,β-unsaturated/α-hetero) is 1. The third-order valence-electron chi connectivity index (χ3n) is 6.39. The summed E-state index contributed by atoms with van der Waals surface area (Å²) in [7, 11) is 1.59. The number of ketones is 1. The van der Waals surface area contributed by atoms with E-state index in [1.54, 1.807) is 43.5 Å². The molecule has 36 heavy (non-hydrogen) atoms. The Hall–Kier alpha value is -3.28. The van der Waals surface area contributed by atoms with Gasteiger partial charge < -0.3 is 9.84 Å². The van der Waals surface area contributed by atoms with Gasteiger partial charge in [-0.15, -0.1) is 0 Å². The molecule has 1 N–H and O–H groups in total. The lowest BCUT2D eigenvalue weighted by Gasteiger charge is -2.27. The molecule has 1 fully saturated rings. The van der Waals surface area contributed by atoms with Gasteiger partial charge in [0.15, 0.2) is 0 Å². The first-order valence-corrected chi connectivity index (χ1v) is 12.2. The topological polar surface area (TPSA) is 66.8 Å². The number of aryl methyl sites for hydroxylation is 1. The Morgan fingerprint density at radius 3 is 2.28 bits per heavy atom. The van der Waals surface area contributed by atoms with Crippen molar-refractivity contribution in [2.45, 2.75) is 39.2 Å². The highest BCUT2D eigenvalue weighted by Crippen LogP contribution is 2.44. The molecular weight excluding hydrogens is 497 g/mol. The van der Waals surface area contributed by atoms with Crippen molar-refractivity contribution in [3.8, 4) is 5.75 Å². The molecule has 3 aromatic rings. The number of ether oxygens (including phenoxy) is 1. The molecule has 4 rings (SSSR count). The van der Waals surface area contributed by atoms with Crippen LogP contribution in [0.4, 0.5) is 5.69 Å². The maximum absolute atomic E-state index is 13.5. The molecule has 1 aliphatic heterocycles. The van der Waals surface area contributed by atoms with Gasteiger partial charge in [-0.3, -0.25) is 14.5 Å². The number of methoxy groups -OCH3 is 1. The van der Waals surface area contributed by atoms with Crippen molar-refractivity contribution < 1.29 is 19.4 Å². The zero-order chi connectivity index (χ0) is 26.4. The third kappa shape index (κ3) is 4.49. The number of carbonyl (C=O) groups excluding carboxylic acids is 2. The van der Waals surface area contributed by atoms with Gasteiger partial charge in [-0.1, -0.05) is 68.2 Å². The molecule has 7 heteroatoms. The third-order valence-corrected chi connectivity index (χ3v) is 7.13. The fourth-order valence-corrected chi connectivity index (χ4v) is 4.81. The van der Waals surface area contributed by atoms with Crippen LogP contribution in [0.15, 0.2) is 66.2 Å². The van der Waals surface area contributed by atoms with Crippen molar-refractivity contribution in [3.05, 3.63) is 98.5 Å². The normalized spacial score (nSPS) is 17.5. The van der Waals surface area contributed by atoms with E-state index in [-0.39, 0.29) is 21.8 Å². The summed E-state index contributed by atoms with van der Waals surface area (Å²) in [4.78, 5) is 28.2. The van der Waals surface area contributed by atoms with Crippen molar-refractivity contribution in [3.63, 3.8) is 0 Å². The van der Waals surface area contributed by atoms with E-state index in [2.05, 4.69) is 0 Å². The zero-order valence-corrected chi connectivity index (χ0v) is 22.2. The summed E-state index contributed by atoms with van der Waals surface area (Å²) >= 11 is 12.4. The monoisotopic (exact) mass is 523 g/mol. The highest BCUT2D eigenvalue weighted by molar-refractivity contribution is 6.52. The van der Waals surface area contributed by atoms with Gasteiger partial charge in [-0.25, -0.2) is 0 Å². The Balaban J connectivity index is 1.99. The lowest BCUT2D eigenvalue weighted by atomic mass is 9.84. The number of amides is 1. The van der Waals surface area contributed by atoms with E-state index < -0.39 is 17.7 Å². The van der Waals surface area contributed by atoms with E-state index in [0.717, 1.165) is 11.1 Å². The van der Waals surface area contributed by atoms with E-state index in [9.17, 15) is 14.7 Å². The second kappa shape index (κ2) is 9.64. The summed E-state index contributed by atoms with van der Waals surface area (Å²) in [6.07, 6.45) is 0. The minimum atomic E-state index is -0.858. The van der Waals surface area contributed by atoms with Crippen LogP contribution in [0, 0.1) is 6.92 Å². The largest absolute Gasteiger partial charge is 0.507 e. The van der Waals surface area contributed by atoms with Crippen molar-refractivity contribution in [1.82, 2.24) is 0 Å². The number of benzene rings is 3. The minimum Gasteiger partial charge on any atom is -0.507 e. The Kier molecular flexibility index (Phi) is 6.91. The maximum Gasteiger partial charge on any atom is 0.300 e. The molecule has 1 unspecified atom stereocenters. The summed E-state index contributed by atoms with van der Waals surface area (Å²) in [6, 6.07) is 16.6. The molecule has 0 aliphatic carbocycles. The number of halogens is 2. The van der Waals surface area contributed by atoms with Crippen molar-refractivity contribution >= 4 is 46.3 Å². The predicted octanol–water partition coefficient (Wildman–Crippen LogP) is 7.23. The average molecular weight is 524 g/mol. The highest BCUT2D eigenvalue weighted by atomic mass is 35.5. The highest BCUT2D eigenvalue weighted by Gasteiger charge is 2.47. The van der Waals surface area contributed by atoms with Crippen LogP contribution in [0.2, 0.25) is 10.0 Å². The van der Waals surface area contributed by atoms with Crippen molar-refractivity contribution in [2.24, 2.45) is 0 Å². The molecule has 5 nitrogen and oxygen atoms in total. The van der Waals surface area contributed by atoms with E-state index in [0.29, 0.717) is 27.6 Å². The van der Waals surface area contributed by atoms with Gasteiger partial charge in [0.25, 0.3) is 11.7 Å². The van der Waals surface area contributed by atoms with E-state index in [1.807, 2.05) is 52.0 Å². The van der Waals surface area contributed by atoms with Crippen LogP contribution in [-0.2, 0) is 15.0 Å². The number of rotatable bonds is 4. The van der Waals surface area contributed by atoms with Crippen LogP contribution >= 0.6 is 23.2 Å². The van der Waals surface area contributed by atoms with E-state index in [1.165, 1.54) is 4.90 Å². The van der Waals surface area contributed by atoms with Crippen LogP contribution in [0.3, 0.4) is 0 Å². The lowest BCUT2D eigenvalue weighted by molar-refractivity contribution is -0.132. The number of nitrogens with zero attached hydrogens (tertiary/aromatic N) is 1. The summed E-state index contributed by atoms with van der Waals surface area (Å²) in [6.45, 7) is 8.00. The van der Waals surface area contributed by atoms with Crippen molar-refractivity contribution in [1.29, 1.82) is 0 Å².